The number of aromatic nitrogens is 1. The summed E-state index contributed by atoms with van der Waals surface area (Å²) in [7, 11) is -1.33. The molecular formula is C21H24N2O3S2. The molecule has 28 heavy (non-hydrogen) atoms. The smallest absolute Gasteiger partial charge is 0.252 e. The minimum atomic E-state index is -3.23. The molecule has 3 rings (SSSR count). The largest absolute Gasteiger partial charge is 0.319 e. The standard InChI is InChI=1S/C21H24N2O3S2/c1-5-28(25,26)17-9-6-15(7-10-17)12-20(24)22-21-23(4)18-11-8-16(14(2)3)13-19(18)27-21/h6-11,13-14H,5,12H2,1-4H3. The predicted molar refractivity (Wildman–Crippen MR) is 113 cm³/mol. The molecule has 0 aliphatic heterocycles. The predicted octanol–water partition coefficient (Wildman–Crippen LogP) is 3.83. The van der Waals surface area contributed by atoms with E-state index in [9.17, 15) is 13.2 Å². The van der Waals surface area contributed by atoms with Crippen molar-refractivity contribution in [1.29, 1.82) is 0 Å². The summed E-state index contributed by atoms with van der Waals surface area (Å²) in [4.78, 5) is 17.6. The molecule has 1 heterocycles. The summed E-state index contributed by atoms with van der Waals surface area (Å²) in [5.41, 5.74) is 3.05. The van der Waals surface area contributed by atoms with Gasteiger partial charge < -0.3 is 4.57 Å². The van der Waals surface area contributed by atoms with E-state index in [-0.39, 0.29) is 23.0 Å². The van der Waals surface area contributed by atoms with Crippen LogP contribution < -0.4 is 4.80 Å². The number of sulfone groups is 1. The van der Waals surface area contributed by atoms with E-state index in [0.29, 0.717) is 10.7 Å². The number of amides is 1. The maximum Gasteiger partial charge on any atom is 0.252 e. The number of benzene rings is 2. The highest BCUT2D eigenvalue weighted by molar-refractivity contribution is 7.91. The normalized spacial score (nSPS) is 12.8. The Hall–Kier alpha value is -2.25. The number of carbonyl (C=O) groups excluding carboxylic acids is 1. The summed E-state index contributed by atoms with van der Waals surface area (Å²) in [5, 5.41) is 0. The van der Waals surface area contributed by atoms with Crippen LogP contribution in [0.4, 0.5) is 0 Å². The zero-order valence-electron chi connectivity index (χ0n) is 16.5. The van der Waals surface area contributed by atoms with E-state index in [1.54, 1.807) is 31.2 Å². The average molecular weight is 417 g/mol. The zero-order valence-corrected chi connectivity index (χ0v) is 18.1. The number of thiazole rings is 1. The van der Waals surface area contributed by atoms with Gasteiger partial charge in [0, 0.05) is 7.05 Å². The maximum absolute atomic E-state index is 12.4. The Morgan fingerprint density at radius 3 is 2.43 bits per heavy atom. The SMILES string of the molecule is CCS(=O)(=O)c1ccc(CC(=O)N=c2sc3cc(C(C)C)ccc3n2C)cc1. The molecule has 7 heteroatoms. The highest BCUT2D eigenvalue weighted by atomic mass is 32.2. The number of hydrogen-bond donors (Lipinski definition) is 0. The number of hydrogen-bond acceptors (Lipinski definition) is 4. The molecule has 1 aromatic heterocycles. The Kier molecular flexibility index (Phi) is 5.86. The van der Waals surface area contributed by atoms with Gasteiger partial charge in [0.15, 0.2) is 14.6 Å². The first kappa shape index (κ1) is 20.5. The first-order valence-corrected chi connectivity index (χ1v) is 11.7. The van der Waals surface area contributed by atoms with Crippen molar-refractivity contribution >= 4 is 37.3 Å². The molecule has 2 aromatic carbocycles. The molecule has 148 valence electrons. The van der Waals surface area contributed by atoms with E-state index in [0.717, 1.165) is 15.8 Å². The lowest BCUT2D eigenvalue weighted by Gasteiger charge is -2.04. The van der Waals surface area contributed by atoms with Crippen LogP contribution in [0.1, 0.15) is 37.8 Å². The number of rotatable bonds is 5. The third-order valence-corrected chi connectivity index (χ3v) is 7.58. The van der Waals surface area contributed by atoms with Crippen molar-refractivity contribution in [3.63, 3.8) is 0 Å². The van der Waals surface area contributed by atoms with Crippen molar-refractivity contribution < 1.29 is 13.2 Å². The molecule has 0 spiro atoms. The molecule has 0 bridgehead atoms. The Bertz CT molecular complexity index is 1180. The van der Waals surface area contributed by atoms with Gasteiger partial charge in [0.25, 0.3) is 5.91 Å². The quantitative estimate of drug-likeness (QED) is 0.635. The lowest BCUT2D eigenvalue weighted by Crippen LogP contribution is -2.14. The van der Waals surface area contributed by atoms with Crippen molar-refractivity contribution in [2.45, 2.75) is 38.0 Å². The van der Waals surface area contributed by atoms with Crippen LogP contribution in [0.3, 0.4) is 0 Å². The zero-order chi connectivity index (χ0) is 20.5. The molecule has 0 radical (unpaired) electrons. The molecule has 0 unspecified atom stereocenters. The van der Waals surface area contributed by atoms with Crippen LogP contribution in [0.15, 0.2) is 52.4 Å². The minimum Gasteiger partial charge on any atom is -0.319 e. The fourth-order valence-electron chi connectivity index (χ4n) is 2.92. The fraction of sp³-hybridized carbons (Fsp3) is 0.333. The summed E-state index contributed by atoms with van der Waals surface area (Å²) in [6.45, 7) is 5.92. The second-order valence-corrected chi connectivity index (χ2v) is 10.3. The number of carbonyl (C=O) groups is 1. The van der Waals surface area contributed by atoms with Crippen LogP contribution in [-0.4, -0.2) is 24.6 Å². The second kappa shape index (κ2) is 8.01. The van der Waals surface area contributed by atoms with Crippen LogP contribution in [-0.2, 0) is 28.1 Å². The molecule has 3 aromatic rings. The van der Waals surface area contributed by atoms with Gasteiger partial charge in [0.2, 0.25) is 0 Å². The Labute approximate surface area is 169 Å². The minimum absolute atomic E-state index is 0.0571. The first-order valence-electron chi connectivity index (χ1n) is 9.20. The van der Waals surface area contributed by atoms with E-state index in [1.165, 1.54) is 16.9 Å². The summed E-state index contributed by atoms with van der Waals surface area (Å²) in [6, 6.07) is 12.8. The summed E-state index contributed by atoms with van der Waals surface area (Å²) < 4.78 is 26.8. The molecule has 0 atom stereocenters. The van der Waals surface area contributed by atoms with Gasteiger partial charge in [-0.1, -0.05) is 50.3 Å². The first-order chi connectivity index (χ1) is 13.2. The number of aryl methyl sites for hydroxylation is 1. The molecule has 0 fully saturated rings. The van der Waals surface area contributed by atoms with Crippen molar-refractivity contribution in [1.82, 2.24) is 4.57 Å². The van der Waals surface area contributed by atoms with E-state index in [1.807, 2.05) is 11.6 Å². The lowest BCUT2D eigenvalue weighted by molar-refractivity contribution is -0.117. The number of fused-ring (bicyclic) bond motifs is 1. The number of nitrogens with zero attached hydrogens (tertiary/aromatic N) is 2. The molecule has 1 amide bonds. The van der Waals surface area contributed by atoms with Crippen molar-refractivity contribution in [3.8, 4) is 0 Å². The third-order valence-electron chi connectivity index (χ3n) is 4.74. The van der Waals surface area contributed by atoms with Gasteiger partial charge in [-0.15, -0.1) is 0 Å². The van der Waals surface area contributed by atoms with Crippen LogP contribution >= 0.6 is 11.3 Å². The van der Waals surface area contributed by atoms with Gasteiger partial charge in [-0.3, -0.25) is 4.79 Å². The van der Waals surface area contributed by atoms with Gasteiger partial charge in [-0.05, 0) is 41.3 Å². The van der Waals surface area contributed by atoms with Gasteiger partial charge in [-0.25, -0.2) is 8.42 Å². The molecular weight excluding hydrogens is 392 g/mol. The van der Waals surface area contributed by atoms with E-state index < -0.39 is 9.84 Å². The molecule has 0 saturated heterocycles. The van der Waals surface area contributed by atoms with Gasteiger partial charge in [0.05, 0.1) is 27.3 Å². The average Bonchev–Trinajstić information content (AvgIpc) is 2.97. The topological polar surface area (TPSA) is 68.5 Å². The molecule has 0 saturated carbocycles. The third kappa shape index (κ3) is 4.25. The van der Waals surface area contributed by atoms with Crippen LogP contribution in [0.25, 0.3) is 10.2 Å². The highest BCUT2D eigenvalue weighted by Gasteiger charge is 2.12. The van der Waals surface area contributed by atoms with E-state index in [2.05, 4.69) is 37.0 Å². The summed E-state index contributed by atoms with van der Waals surface area (Å²) in [6.07, 6.45) is 0.137. The van der Waals surface area contributed by atoms with Crippen molar-refractivity contribution in [2.24, 2.45) is 12.0 Å². The second-order valence-electron chi connectivity index (χ2n) is 7.06. The van der Waals surface area contributed by atoms with E-state index in [4.69, 9.17) is 0 Å². The van der Waals surface area contributed by atoms with Gasteiger partial charge in [0.1, 0.15) is 0 Å². The van der Waals surface area contributed by atoms with E-state index >= 15 is 0 Å². The van der Waals surface area contributed by atoms with Crippen LogP contribution in [0.5, 0.6) is 0 Å². The highest BCUT2D eigenvalue weighted by Crippen LogP contribution is 2.23. The Balaban J connectivity index is 1.85. The molecule has 0 N–H and O–H groups in total. The molecule has 5 nitrogen and oxygen atoms in total. The van der Waals surface area contributed by atoms with Crippen molar-refractivity contribution in [3.05, 3.63) is 58.4 Å². The van der Waals surface area contributed by atoms with Crippen LogP contribution in [0.2, 0.25) is 0 Å². The fourth-order valence-corrected chi connectivity index (χ4v) is 4.89. The summed E-state index contributed by atoms with van der Waals surface area (Å²) >= 11 is 1.50. The monoisotopic (exact) mass is 416 g/mol. The Morgan fingerprint density at radius 1 is 1.14 bits per heavy atom. The van der Waals surface area contributed by atoms with Crippen molar-refractivity contribution in [2.75, 3.05) is 5.75 Å². The Morgan fingerprint density at radius 2 is 1.82 bits per heavy atom. The van der Waals surface area contributed by atoms with Crippen LogP contribution in [0, 0.1) is 0 Å². The molecule has 0 aliphatic carbocycles. The van der Waals surface area contributed by atoms with Gasteiger partial charge in [-0.2, -0.15) is 4.99 Å². The van der Waals surface area contributed by atoms with Gasteiger partial charge >= 0.3 is 0 Å². The maximum atomic E-state index is 12.4. The lowest BCUT2D eigenvalue weighted by atomic mass is 10.0. The molecule has 0 aliphatic rings. The summed E-state index contributed by atoms with van der Waals surface area (Å²) in [5.74, 6) is 0.248.